The van der Waals surface area contributed by atoms with Gasteiger partial charge in [0.25, 0.3) is 0 Å². The standard InChI is InChI=1S/C19H37N5O4S/c1-18(2,3)28-17(25)24-14-8-9-15(24)11-13(10-14)22-16(20-6)21-12-19(4,5)23-29(7,26)27/h13-15,23H,8-12H2,1-7H3,(H2,20,21,22). The van der Waals surface area contributed by atoms with Crippen LogP contribution in [0.3, 0.4) is 0 Å². The van der Waals surface area contributed by atoms with Crippen molar-refractivity contribution < 1.29 is 17.9 Å². The van der Waals surface area contributed by atoms with Crippen LogP contribution < -0.4 is 15.4 Å². The molecule has 29 heavy (non-hydrogen) atoms. The van der Waals surface area contributed by atoms with Gasteiger partial charge in [-0.3, -0.25) is 4.99 Å². The second-order valence-electron chi connectivity index (χ2n) is 9.77. The number of sulfonamides is 1. The summed E-state index contributed by atoms with van der Waals surface area (Å²) >= 11 is 0. The van der Waals surface area contributed by atoms with Crippen LogP contribution in [-0.2, 0) is 14.8 Å². The minimum Gasteiger partial charge on any atom is -0.444 e. The van der Waals surface area contributed by atoms with Gasteiger partial charge in [-0.15, -0.1) is 0 Å². The van der Waals surface area contributed by atoms with E-state index in [4.69, 9.17) is 4.74 Å². The van der Waals surface area contributed by atoms with Crippen LogP contribution in [-0.4, -0.2) is 74.5 Å². The molecule has 0 aromatic heterocycles. The van der Waals surface area contributed by atoms with Crippen molar-refractivity contribution in [1.29, 1.82) is 0 Å². The lowest BCUT2D eigenvalue weighted by Gasteiger charge is -2.40. The number of amides is 1. The number of fused-ring (bicyclic) bond motifs is 2. The first-order chi connectivity index (χ1) is 13.2. The molecule has 2 atom stereocenters. The Balaban J connectivity index is 1.91. The van der Waals surface area contributed by atoms with Gasteiger partial charge in [0, 0.05) is 37.3 Å². The Hall–Kier alpha value is -1.55. The van der Waals surface area contributed by atoms with Crippen molar-refractivity contribution >= 4 is 22.1 Å². The van der Waals surface area contributed by atoms with Crippen molar-refractivity contribution in [2.75, 3.05) is 19.8 Å². The Morgan fingerprint density at radius 1 is 1.14 bits per heavy atom. The highest BCUT2D eigenvalue weighted by Gasteiger charge is 2.45. The van der Waals surface area contributed by atoms with E-state index in [9.17, 15) is 13.2 Å². The summed E-state index contributed by atoms with van der Waals surface area (Å²) in [5, 5.41) is 6.63. The molecule has 9 nitrogen and oxygen atoms in total. The number of carbonyl (C=O) groups excluding carboxylic acids is 1. The van der Waals surface area contributed by atoms with Crippen LogP contribution >= 0.6 is 0 Å². The molecule has 0 aromatic rings. The van der Waals surface area contributed by atoms with Crippen molar-refractivity contribution in [3.8, 4) is 0 Å². The zero-order chi connectivity index (χ0) is 22.0. The summed E-state index contributed by atoms with van der Waals surface area (Å²) in [6, 6.07) is 0.536. The van der Waals surface area contributed by atoms with Crippen LogP contribution in [0.5, 0.6) is 0 Å². The SMILES string of the molecule is CN=C(NCC(C)(C)NS(C)(=O)=O)NC1CC2CCC(C1)N2C(=O)OC(C)(C)C. The number of piperidine rings is 1. The van der Waals surface area contributed by atoms with E-state index < -0.39 is 21.2 Å². The highest BCUT2D eigenvalue weighted by atomic mass is 32.2. The third-order valence-corrected chi connectivity index (χ3v) is 5.98. The lowest BCUT2D eigenvalue weighted by atomic mass is 9.98. The minimum absolute atomic E-state index is 0.169. The third-order valence-electron chi connectivity index (χ3n) is 5.06. The number of hydrogen-bond donors (Lipinski definition) is 3. The molecule has 3 N–H and O–H groups in total. The molecule has 0 radical (unpaired) electrons. The average Bonchev–Trinajstić information content (AvgIpc) is 2.79. The van der Waals surface area contributed by atoms with Crippen molar-refractivity contribution in [2.45, 2.75) is 89.6 Å². The topological polar surface area (TPSA) is 112 Å². The fraction of sp³-hybridized carbons (Fsp3) is 0.895. The number of aliphatic imine (C=N–C) groups is 1. The molecule has 2 saturated heterocycles. The first kappa shape index (κ1) is 23.7. The maximum Gasteiger partial charge on any atom is 0.410 e. The molecular formula is C19H37N5O4S. The van der Waals surface area contributed by atoms with Crippen LogP contribution in [0.1, 0.15) is 60.3 Å². The predicted octanol–water partition coefficient (Wildman–Crippen LogP) is 1.41. The van der Waals surface area contributed by atoms with Gasteiger partial charge in [0.2, 0.25) is 10.0 Å². The summed E-state index contributed by atoms with van der Waals surface area (Å²) in [4.78, 5) is 18.8. The molecule has 2 heterocycles. The molecule has 2 aliphatic rings. The highest BCUT2D eigenvalue weighted by Crippen LogP contribution is 2.36. The fourth-order valence-electron chi connectivity index (χ4n) is 4.14. The molecule has 2 unspecified atom stereocenters. The first-order valence-corrected chi connectivity index (χ1v) is 12.1. The molecule has 0 aliphatic carbocycles. The largest absolute Gasteiger partial charge is 0.444 e. The minimum atomic E-state index is -3.30. The molecule has 10 heteroatoms. The number of hydrogen-bond acceptors (Lipinski definition) is 5. The van der Waals surface area contributed by atoms with Gasteiger partial charge >= 0.3 is 6.09 Å². The molecule has 2 bridgehead atoms. The third kappa shape index (κ3) is 7.33. The zero-order valence-corrected chi connectivity index (χ0v) is 19.5. The van der Waals surface area contributed by atoms with Crippen molar-refractivity contribution in [3.63, 3.8) is 0 Å². The summed E-state index contributed by atoms with van der Waals surface area (Å²) < 4.78 is 31.2. The Kier molecular flexibility index (Phi) is 7.09. The fourth-order valence-corrected chi connectivity index (χ4v) is 5.21. The maximum atomic E-state index is 12.6. The molecule has 0 saturated carbocycles. The molecule has 168 valence electrons. The van der Waals surface area contributed by atoms with Gasteiger partial charge in [0.05, 0.1) is 6.26 Å². The van der Waals surface area contributed by atoms with Gasteiger partial charge in [-0.05, 0) is 60.3 Å². The smallest absolute Gasteiger partial charge is 0.410 e. The number of nitrogens with zero attached hydrogens (tertiary/aromatic N) is 2. The van der Waals surface area contributed by atoms with Crippen LogP contribution in [0, 0.1) is 0 Å². The van der Waals surface area contributed by atoms with E-state index in [-0.39, 0.29) is 24.2 Å². The van der Waals surface area contributed by atoms with Gasteiger partial charge in [-0.2, -0.15) is 0 Å². The van der Waals surface area contributed by atoms with Gasteiger partial charge in [0.1, 0.15) is 5.60 Å². The predicted molar refractivity (Wildman–Crippen MR) is 114 cm³/mol. The molecular weight excluding hydrogens is 394 g/mol. The van der Waals surface area contributed by atoms with E-state index in [1.165, 1.54) is 0 Å². The highest BCUT2D eigenvalue weighted by molar-refractivity contribution is 7.88. The van der Waals surface area contributed by atoms with Crippen molar-refractivity contribution in [3.05, 3.63) is 0 Å². The Morgan fingerprint density at radius 2 is 1.69 bits per heavy atom. The summed E-state index contributed by atoms with van der Waals surface area (Å²) in [7, 11) is -1.61. The van der Waals surface area contributed by atoms with Gasteiger partial charge in [-0.1, -0.05) is 0 Å². The van der Waals surface area contributed by atoms with E-state index in [1.54, 1.807) is 7.05 Å². The van der Waals surface area contributed by atoms with E-state index >= 15 is 0 Å². The number of rotatable bonds is 5. The molecule has 2 rings (SSSR count). The van der Waals surface area contributed by atoms with Crippen LogP contribution in [0.4, 0.5) is 4.79 Å². The van der Waals surface area contributed by atoms with Crippen LogP contribution in [0.25, 0.3) is 0 Å². The van der Waals surface area contributed by atoms with E-state index in [0.29, 0.717) is 12.5 Å². The molecule has 0 spiro atoms. The van der Waals surface area contributed by atoms with Gasteiger partial charge in [-0.25, -0.2) is 17.9 Å². The van der Waals surface area contributed by atoms with E-state index in [0.717, 1.165) is 31.9 Å². The number of carbonyl (C=O) groups is 1. The van der Waals surface area contributed by atoms with Crippen molar-refractivity contribution in [2.24, 2.45) is 4.99 Å². The van der Waals surface area contributed by atoms with Crippen molar-refractivity contribution in [1.82, 2.24) is 20.3 Å². The maximum absolute atomic E-state index is 12.6. The normalized spacial score (nSPS) is 25.7. The summed E-state index contributed by atoms with van der Waals surface area (Å²) in [5.41, 5.74) is -1.14. The summed E-state index contributed by atoms with van der Waals surface area (Å²) in [5.74, 6) is 0.628. The number of ether oxygens (including phenoxy) is 1. The molecule has 2 aliphatic heterocycles. The average molecular weight is 432 g/mol. The zero-order valence-electron chi connectivity index (χ0n) is 18.7. The second-order valence-corrected chi connectivity index (χ2v) is 11.5. The van der Waals surface area contributed by atoms with Gasteiger partial charge < -0.3 is 20.3 Å². The van der Waals surface area contributed by atoms with Gasteiger partial charge in [0.15, 0.2) is 5.96 Å². The summed E-state index contributed by atoms with van der Waals surface area (Å²) in [6.45, 7) is 9.68. The Labute approximate surface area is 175 Å². The lowest BCUT2D eigenvalue weighted by molar-refractivity contribution is 0.00544. The summed E-state index contributed by atoms with van der Waals surface area (Å²) in [6.07, 6.45) is 4.57. The Bertz CT molecular complexity index is 715. The van der Waals surface area contributed by atoms with Crippen LogP contribution in [0.15, 0.2) is 4.99 Å². The monoisotopic (exact) mass is 431 g/mol. The number of guanidine groups is 1. The molecule has 0 aromatic carbocycles. The van der Waals surface area contributed by atoms with E-state index in [2.05, 4.69) is 20.3 Å². The lowest BCUT2D eigenvalue weighted by Crippen LogP contribution is -2.57. The number of nitrogens with one attached hydrogen (secondary N) is 3. The second kappa shape index (κ2) is 8.67. The Morgan fingerprint density at radius 3 is 2.14 bits per heavy atom. The van der Waals surface area contributed by atoms with Crippen LogP contribution in [0.2, 0.25) is 0 Å². The molecule has 2 fully saturated rings. The quantitative estimate of drug-likeness (QED) is 0.448. The first-order valence-electron chi connectivity index (χ1n) is 10.2. The van der Waals surface area contributed by atoms with E-state index in [1.807, 2.05) is 39.5 Å². The molecule has 1 amide bonds.